The second kappa shape index (κ2) is 8.45. The molecule has 0 saturated heterocycles. The first-order valence-corrected chi connectivity index (χ1v) is 18.7. The van der Waals surface area contributed by atoms with E-state index in [0.717, 1.165) is 0 Å². The SMILES string of the molecule is C=CCOc1c([Si](C)(C)C2C(C)=C(C)c3cc(C)sc32)cc(C)cc1[Si](C)(C)C(C)(C)C. The summed E-state index contributed by atoms with van der Waals surface area (Å²) in [6.07, 6.45) is 1.89. The highest BCUT2D eigenvalue weighted by molar-refractivity contribution is 7.13. The van der Waals surface area contributed by atoms with Gasteiger partial charge in [0, 0.05) is 15.3 Å². The van der Waals surface area contributed by atoms with Crippen LogP contribution in [-0.2, 0) is 0 Å². The predicted octanol–water partition coefficient (Wildman–Crippen LogP) is 7.69. The number of aryl methyl sites for hydroxylation is 2. The lowest BCUT2D eigenvalue weighted by Crippen LogP contribution is -2.55. The van der Waals surface area contributed by atoms with Crippen molar-refractivity contribution >= 4 is 43.4 Å². The fourth-order valence-corrected chi connectivity index (χ4v) is 13.4. The average molecular weight is 483 g/mol. The van der Waals surface area contributed by atoms with Crippen LogP contribution in [0.5, 0.6) is 5.75 Å². The van der Waals surface area contributed by atoms with Gasteiger partial charge in [-0.2, -0.15) is 0 Å². The molecule has 1 nitrogen and oxygen atoms in total. The Balaban J connectivity index is 2.30. The topological polar surface area (TPSA) is 9.23 Å². The first-order chi connectivity index (χ1) is 14.6. The van der Waals surface area contributed by atoms with Crippen LogP contribution in [0.25, 0.3) is 5.57 Å². The fraction of sp³-hybridized carbons (Fsp3) is 0.500. The third kappa shape index (κ3) is 4.03. The minimum Gasteiger partial charge on any atom is -0.490 e. The molecule has 0 aliphatic heterocycles. The van der Waals surface area contributed by atoms with E-state index in [1.165, 1.54) is 37.7 Å². The predicted molar refractivity (Wildman–Crippen MR) is 151 cm³/mol. The molecular formula is C28H42OSSi2. The Bertz CT molecular complexity index is 1080. The molecule has 32 heavy (non-hydrogen) atoms. The third-order valence-electron chi connectivity index (χ3n) is 8.12. The minimum absolute atomic E-state index is 0.244. The number of rotatable bonds is 6. The van der Waals surface area contributed by atoms with Gasteiger partial charge in [-0.05, 0) is 60.3 Å². The van der Waals surface area contributed by atoms with Crippen molar-refractivity contribution in [2.75, 3.05) is 6.61 Å². The van der Waals surface area contributed by atoms with Crippen LogP contribution in [0.4, 0.5) is 0 Å². The Morgan fingerprint density at radius 3 is 2.16 bits per heavy atom. The molecule has 1 aliphatic carbocycles. The largest absolute Gasteiger partial charge is 0.490 e. The van der Waals surface area contributed by atoms with Gasteiger partial charge < -0.3 is 4.74 Å². The number of hydrogen-bond acceptors (Lipinski definition) is 2. The monoisotopic (exact) mass is 482 g/mol. The molecule has 0 spiro atoms. The van der Waals surface area contributed by atoms with Gasteiger partial charge in [-0.3, -0.25) is 0 Å². The molecule has 0 radical (unpaired) electrons. The fourth-order valence-electron chi connectivity index (χ4n) is 5.11. The van der Waals surface area contributed by atoms with E-state index in [1.54, 1.807) is 10.5 Å². The van der Waals surface area contributed by atoms with Gasteiger partial charge in [-0.25, -0.2) is 0 Å². The van der Waals surface area contributed by atoms with E-state index in [2.05, 4.69) is 99.4 Å². The molecule has 0 amide bonds. The second-order valence-corrected chi connectivity index (χ2v) is 22.9. The average Bonchev–Trinajstić information content (AvgIpc) is 3.15. The van der Waals surface area contributed by atoms with Gasteiger partial charge >= 0.3 is 0 Å². The van der Waals surface area contributed by atoms with Crippen molar-refractivity contribution in [1.82, 2.24) is 0 Å². The van der Waals surface area contributed by atoms with Crippen LogP contribution in [0.3, 0.4) is 0 Å². The number of thiophene rings is 1. The van der Waals surface area contributed by atoms with Crippen molar-refractivity contribution in [3.63, 3.8) is 0 Å². The van der Waals surface area contributed by atoms with Crippen molar-refractivity contribution < 1.29 is 4.74 Å². The molecule has 1 unspecified atom stereocenters. The Hall–Kier alpha value is -1.37. The maximum absolute atomic E-state index is 6.59. The van der Waals surface area contributed by atoms with Crippen LogP contribution in [0.15, 0.2) is 36.4 Å². The number of benzene rings is 1. The number of allylic oxidation sites excluding steroid dienone is 2. The zero-order valence-electron chi connectivity index (χ0n) is 22.1. The molecule has 0 N–H and O–H groups in total. The van der Waals surface area contributed by atoms with Crippen LogP contribution in [0.1, 0.15) is 61.0 Å². The molecule has 1 atom stereocenters. The molecule has 1 aromatic carbocycles. The van der Waals surface area contributed by atoms with Gasteiger partial charge in [0.1, 0.15) is 12.4 Å². The second-order valence-electron chi connectivity index (χ2n) is 11.8. The molecule has 0 fully saturated rings. The zero-order valence-corrected chi connectivity index (χ0v) is 24.9. The van der Waals surface area contributed by atoms with Gasteiger partial charge in [0.25, 0.3) is 0 Å². The quantitative estimate of drug-likeness (QED) is 0.303. The molecular weight excluding hydrogens is 441 g/mol. The van der Waals surface area contributed by atoms with Crippen LogP contribution >= 0.6 is 11.3 Å². The lowest BCUT2D eigenvalue weighted by molar-refractivity contribution is 0.368. The van der Waals surface area contributed by atoms with Crippen LogP contribution in [0, 0.1) is 13.8 Å². The van der Waals surface area contributed by atoms with Crippen molar-refractivity contribution in [1.29, 1.82) is 0 Å². The summed E-state index contributed by atoms with van der Waals surface area (Å²) < 4.78 is 6.59. The summed E-state index contributed by atoms with van der Waals surface area (Å²) >= 11 is 2.00. The first-order valence-electron chi connectivity index (χ1n) is 11.8. The van der Waals surface area contributed by atoms with E-state index < -0.39 is 16.1 Å². The minimum atomic E-state index is -1.97. The lowest BCUT2D eigenvalue weighted by atomic mass is 10.1. The van der Waals surface area contributed by atoms with Crippen LogP contribution in [0.2, 0.25) is 31.2 Å². The first kappa shape index (κ1) is 25.3. The standard InChI is InChI=1S/C28H42OSSi2/c1-13-14-29-25-23(15-18(2)16-24(25)32(11,12)28(6,7)8)31(9,10)27-21(5)20(4)22-17-19(3)30-26(22)27/h13,15-17,27H,1,14H2,2-12H3. The number of hydrogen-bond donors (Lipinski definition) is 0. The molecule has 0 saturated carbocycles. The molecule has 1 heterocycles. The van der Waals surface area contributed by atoms with Crippen molar-refractivity contribution in [2.45, 2.75) is 85.2 Å². The van der Waals surface area contributed by atoms with Gasteiger partial charge in [0.05, 0.1) is 16.1 Å². The van der Waals surface area contributed by atoms with Crippen LogP contribution < -0.4 is 15.1 Å². The summed E-state index contributed by atoms with van der Waals surface area (Å²) in [5.41, 5.74) is 6.41. The summed E-state index contributed by atoms with van der Waals surface area (Å²) in [7, 11) is -3.77. The normalized spacial score (nSPS) is 17.0. The zero-order chi connectivity index (χ0) is 24.2. The van der Waals surface area contributed by atoms with E-state index in [4.69, 9.17) is 4.74 Å². The van der Waals surface area contributed by atoms with Crippen molar-refractivity contribution in [2.24, 2.45) is 0 Å². The highest BCUT2D eigenvalue weighted by Crippen LogP contribution is 2.50. The molecule has 4 heteroatoms. The van der Waals surface area contributed by atoms with Gasteiger partial charge in [-0.1, -0.05) is 82.9 Å². The van der Waals surface area contributed by atoms with Gasteiger partial charge in [-0.15, -0.1) is 11.3 Å². The van der Waals surface area contributed by atoms with E-state index in [0.29, 0.717) is 12.1 Å². The van der Waals surface area contributed by atoms with Crippen molar-refractivity contribution in [3.05, 3.63) is 57.3 Å². The maximum atomic E-state index is 6.59. The number of ether oxygens (including phenoxy) is 1. The summed E-state index contributed by atoms with van der Waals surface area (Å²) in [6.45, 7) is 31.0. The molecule has 2 aromatic rings. The molecule has 3 rings (SSSR count). The molecule has 1 aromatic heterocycles. The summed E-state index contributed by atoms with van der Waals surface area (Å²) in [6, 6.07) is 7.27. The van der Waals surface area contributed by atoms with E-state index in [1.807, 2.05) is 17.4 Å². The van der Waals surface area contributed by atoms with Gasteiger partial charge in [0.2, 0.25) is 0 Å². The summed E-state index contributed by atoms with van der Waals surface area (Å²) in [5, 5.41) is 3.20. The van der Waals surface area contributed by atoms with E-state index in [-0.39, 0.29) is 5.04 Å². The third-order valence-corrected chi connectivity index (χ3v) is 18.8. The Morgan fingerprint density at radius 2 is 1.59 bits per heavy atom. The van der Waals surface area contributed by atoms with Gasteiger partial charge in [0.15, 0.2) is 0 Å². The summed E-state index contributed by atoms with van der Waals surface area (Å²) in [5.74, 6) is 1.17. The highest BCUT2D eigenvalue weighted by Gasteiger charge is 2.46. The van der Waals surface area contributed by atoms with E-state index in [9.17, 15) is 0 Å². The molecule has 1 aliphatic rings. The van der Waals surface area contributed by atoms with E-state index >= 15 is 0 Å². The lowest BCUT2D eigenvalue weighted by Gasteiger charge is -2.41. The Kier molecular flexibility index (Phi) is 6.67. The van der Waals surface area contributed by atoms with Crippen LogP contribution in [-0.4, -0.2) is 22.8 Å². The molecule has 0 bridgehead atoms. The smallest absolute Gasteiger partial charge is 0.118 e. The Morgan fingerprint density at radius 1 is 1.00 bits per heavy atom. The number of fused-ring (bicyclic) bond motifs is 1. The summed E-state index contributed by atoms with van der Waals surface area (Å²) in [4.78, 5) is 3.00. The Labute approximate surface area is 202 Å². The maximum Gasteiger partial charge on any atom is 0.118 e. The molecule has 174 valence electrons. The van der Waals surface area contributed by atoms with Crippen molar-refractivity contribution in [3.8, 4) is 5.75 Å². The highest BCUT2D eigenvalue weighted by atomic mass is 32.1.